The van der Waals surface area contributed by atoms with Crippen LogP contribution in [-0.2, 0) is 0 Å². The van der Waals surface area contributed by atoms with Crippen LogP contribution in [0.5, 0.6) is 5.75 Å². The number of phenols is 1. The minimum Gasteiger partial charge on any atom is -0.508 e. The molecule has 19 heavy (non-hydrogen) atoms. The third-order valence-electron chi connectivity index (χ3n) is 2.96. The summed E-state index contributed by atoms with van der Waals surface area (Å²) in [6.07, 6.45) is 2.99. The van der Waals surface area contributed by atoms with Crippen LogP contribution in [0.2, 0.25) is 0 Å². The van der Waals surface area contributed by atoms with Gasteiger partial charge < -0.3 is 14.7 Å². The molecule has 0 unspecified atom stereocenters. The van der Waals surface area contributed by atoms with Gasteiger partial charge in [-0.2, -0.15) is 0 Å². The van der Waals surface area contributed by atoms with E-state index in [-0.39, 0.29) is 5.75 Å². The summed E-state index contributed by atoms with van der Waals surface area (Å²) in [6, 6.07) is 12.5. The van der Waals surface area contributed by atoms with Crippen LogP contribution >= 0.6 is 0 Å². The summed E-state index contributed by atoms with van der Waals surface area (Å²) >= 11 is 0. The van der Waals surface area contributed by atoms with Gasteiger partial charge in [-0.05, 0) is 41.5 Å². The maximum atomic E-state index is 9.34. The van der Waals surface area contributed by atoms with E-state index in [2.05, 4.69) is 5.16 Å². The average Bonchev–Trinajstić information content (AvgIpc) is 2.87. The molecule has 2 N–H and O–H groups in total. The number of rotatable bonds is 2. The van der Waals surface area contributed by atoms with Crippen molar-refractivity contribution in [1.29, 1.82) is 0 Å². The first kappa shape index (κ1) is 11.3. The maximum Gasteiger partial charge on any atom is 0.141 e. The van der Waals surface area contributed by atoms with Gasteiger partial charge in [0.1, 0.15) is 11.3 Å². The van der Waals surface area contributed by atoms with Gasteiger partial charge in [-0.1, -0.05) is 17.3 Å². The van der Waals surface area contributed by atoms with E-state index >= 15 is 0 Å². The van der Waals surface area contributed by atoms with Gasteiger partial charge in [0.05, 0.1) is 12.5 Å². The zero-order valence-corrected chi connectivity index (χ0v) is 9.95. The fourth-order valence-corrected chi connectivity index (χ4v) is 2.10. The minimum absolute atomic E-state index is 0.215. The molecule has 0 aliphatic heterocycles. The smallest absolute Gasteiger partial charge is 0.141 e. The van der Waals surface area contributed by atoms with Gasteiger partial charge in [0, 0.05) is 10.9 Å². The number of oxime groups is 1. The molecule has 1 aromatic heterocycles. The monoisotopic (exact) mass is 253 g/mol. The van der Waals surface area contributed by atoms with Crippen LogP contribution < -0.4 is 0 Å². The normalized spacial score (nSPS) is 11.4. The SMILES string of the molecule is ON=Cc1cc(-c2ccc(O)cc2)c2occc2c1. The van der Waals surface area contributed by atoms with Gasteiger partial charge >= 0.3 is 0 Å². The van der Waals surface area contributed by atoms with Crippen molar-refractivity contribution in [3.8, 4) is 16.9 Å². The number of phenolic OH excluding ortho intramolecular Hbond substituents is 1. The van der Waals surface area contributed by atoms with Crippen LogP contribution in [0.15, 0.2) is 58.3 Å². The molecule has 4 nitrogen and oxygen atoms in total. The number of furan rings is 1. The highest BCUT2D eigenvalue weighted by Crippen LogP contribution is 2.31. The van der Waals surface area contributed by atoms with Gasteiger partial charge in [-0.15, -0.1) is 0 Å². The molecule has 1 heterocycles. The zero-order valence-electron chi connectivity index (χ0n) is 9.95. The molecule has 0 radical (unpaired) electrons. The number of fused-ring (bicyclic) bond motifs is 1. The highest BCUT2D eigenvalue weighted by Gasteiger charge is 2.09. The Labute approximate surface area is 109 Å². The van der Waals surface area contributed by atoms with Crippen molar-refractivity contribution < 1.29 is 14.7 Å². The van der Waals surface area contributed by atoms with Crippen molar-refractivity contribution in [1.82, 2.24) is 0 Å². The fraction of sp³-hybridized carbons (Fsp3) is 0. The first-order valence-corrected chi connectivity index (χ1v) is 5.76. The molecule has 0 saturated heterocycles. The Bertz CT molecular complexity index is 742. The topological polar surface area (TPSA) is 66.0 Å². The second-order valence-electron chi connectivity index (χ2n) is 4.20. The standard InChI is InChI=1S/C15H11NO3/c17-13-3-1-11(2-4-13)14-8-10(9-16-18)7-12-5-6-19-15(12)14/h1-9,17-18H. The van der Waals surface area contributed by atoms with E-state index < -0.39 is 0 Å². The Balaban J connectivity index is 2.25. The van der Waals surface area contributed by atoms with E-state index in [0.29, 0.717) is 0 Å². The predicted molar refractivity (Wildman–Crippen MR) is 72.7 cm³/mol. The van der Waals surface area contributed by atoms with E-state index in [4.69, 9.17) is 9.62 Å². The lowest BCUT2D eigenvalue weighted by Gasteiger charge is -2.05. The van der Waals surface area contributed by atoms with Crippen molar-refractivity contribution in [2.45, 2.75) is 0 Å². The van der Waals surface area contributed by atoms with Gasteiger partial charge in [0.2, 0.25) is 0 Å². The highest BCUT2D eigenvalue weighted by atomic mass is 16.4. The number of hydrogen-bond donors (Lipinski definition) is 2. The molecule has 3 rings (SSSR count). The Morgan fingerprint density at radius 1 is 1.05 bits per heavy atom. The molecule has 0 aliphatic rings. The van der Waals surface area contributed by atoms with Crippen molar-refractivity contribution in [3.63, 3.8) is 0 Å². The van der Waals surface area contributed by atoms with E-state index in [0.717, 1.165) is 27.7 Å². The van der Waals surface area contributed by atoms with Crippen molar-refractivity contribution >= 4 is 17.2 Å². The zero-order chi connectivity index (χ0) is 13.2. The van der Waals surface area contributed by atoms with Crippen LogP contribution in [0.1, 0.15) is 5.56 Å². The highest BCUT2D eigenvalue weighted by molar-refractivity contribution is 5.97. The summed E-state index contributed by atoms with van der Waals surface area (Å²) < 4.78 is 5.50. The molecular formula is C15H11NO3. The lowest BCUT2D eigenvalue weighted by Crippen LogP contribution is -1.85. The number of benzene rings is 2. The van der Waals surface area contributed by atoms with Gasteiger partial charge in [-0.3, -0.25) is 0 Å². The van der Waals surface area contributed by atoms with Crippen molar-refractivity contribution in [3.05, 3.63) is 54.3 Å². The third kappa shape index (κ3) is 2.04. The largest absolute Gasteiger partial charge is 0.508 e. The molecule has 94 valence electrons. The lowest BCUT2D eigenvalue weighted by molar-refractivity contribution is 0.322. The Morgan fingerprint density at radius 3 is 2.58 bits per heavy atom. The van der Waals surface area contributed by atoms with Gasteiger partial charge in [0.15, 0.2) is 0 Å². The van der Waals surface area contributed by atoms with Gasteiger partial charge in [0.25, 0.3) is 0 Å². The Morgan fingerprint density at radius 2 is 1.84 bits per heavy atom. The average molecular weight is 253 g/mol. The van der Waals surface area contributed by atoms with E-state index in [1.807, 2.05) is 30.3 Å². The van der Waals surface area contributed by atoms with Crippen molar-refractivity contribution in [2.75, 3.05) is 0 Å². The molecule has 2 aromatic carbocycles. The lowest BCUT2D eigenvalue weighted by atomic mass is 10.0. The number of nitrogens with zero attached hydrogens (tertiary/aromatic N) is 1. The molecule has 0 spiro atoms. The summed E-state index contributed by atoms with van der Waals surface area (Å²) in [4.78, 5) is 0. The maximum absolute atomic E-state index is 9.34. The van der Waals surface area contributed by atoms with Crippen LogP contribution in [-0.4, -0.2) is 16.5 Å². The summed E-state index contributed by atoms with van der Waals surface area (Å²) in [6.45, 7) is 0. The van der Waals surface area contributed by atoms with Crippen LogP contribution in [0.4, 0.5) is 0 Å². The summed E-state index contributed by atoms with van der Waals surface area (Å²) in [7, 11) is 0. The third-order valence-corrected chi connectivity index (χ3v) is 2.96. The Kier molecular flexibility index (Phi) is 2.68. The second kappa shape index (κ2) is 4.49. The predicted octanol–water partition coefficient (Wildman–Crippen LogP) is 3.61. The molecule has 0 bridgehead atoms. The van der Waals surface area contributed by atoms with Crippen LogP contribution in [0.25, 0.3) is 22.1 Å². The molecule has 3 aromatic rings. The molecule has 4 heteroatoms. The van der Waals surface area contributed by atoms with Crippen LogP contribution in [0, 0.1) is 0 Å². The summed E-state index contributed by atoms with van der Waals surface area (Å²) in [5.41, 5.74) is 3.35. The quantitative estimate of drug-likeness (QED) is 0.416. The van der Waals surface area contributed by atoms with Crippen molar-refractivity contribution in [2.24, 2.45) is 5.16 Å². The first-order valence-electron chi connectivity index (χ1n) is 5.76. The first-order chi connectivity index (χ1) is 9.28. The minimum atomic E-state index is 0.215. The number of hydrogen-bond acceptors (Lipinski definition) is 4. The van der Waals surface area contributed by atoms with E-state index in [1.165, 1.54) is 6.21 Å². The molecule has 0 atom stereocenters. The molecule has 0 saturated carbocycles. The number of aromatic hydroxyl groups is 1. The van der Waals surface area contributed by atoms with E-state index in [9.17, 15) is 5.11 Å². The second-order valence-corrected chi connectivity index (χ2v) is 4.20. The molecular weight excluding hydrogens is 242 g/mol. The Hall–Kier alpha value is -2.75. The van der Waals surface area contributed by atoms with Gasteiger partial charge in [-0.25, -0.2) is 0 Å². The summed E-state index contributed by atoms with van der Waals surface area (Å²) in [5, 5.41) is 22.0. The molecule has 0 fully saturated rings. The van der Waals surface area contributed by atoms with E-state index in [1.54, 1.807) is 18.4 Å². The molecule has 0 amide bonds. The summed E-state index contributed by atoms with van der Waals surface area (Å²) in [5.74, 6) is 0.215. The fourth-order valence-electron chi connectivity index (χ4n) is 2.10. The molecule has 0 aliphatic carbocycles. The van der Waals surface area contributed by atoms with Crippen LogP contribution in [0.3, 0.4) is 0 Å².